The Kier molecular flexibility index (Phi) is 4.69. The van der Waals surface area contributed by atoms with E-state index >= 15 is 0 Å². The van der Waals surface area contributed by atoms with Crippen LogP contribution in [0.3, 0.4) is 0 Å². The molecule has 2 aliphatic heterocycles. The minimum Gasteiger partial charge on any atom is -0.412 e. The van der Waals surface area contributed by atoms with Gasteiger partial charge >= 0.3 is 6.03 Å². The summed E-state index contributed by atoms with van der Waals surface area (Å²) in [5.41, 5.74) is 0. The van der Waals surface area contributed by atoms with Gasteiger partial charge in [-0.2, -0.15) is 5.01 Å². The summed E-state index contributed by atoms with van der Waals surface area (Å²) in [7, 11) is 0. The van der Waals surface area contributed by atoms with Crippen molar-refractivity contribution in [1.29, 1.82) is 0 Å². The molecule has 0 unspecified atom stereocenters. The largest absolute Gasteiger partial charge is 0.412 e. The van der Waals surface area contributed by atoms with Crippen LogP contribution in [0.1, 0.15) is 0 Å². The molecular weight excluding hydrogens is 256 g/mol. The number of fused-ring (bicyclic) bond motifs is 1. The number of nitrogens with one attached hydrogen (secondary N) is 1. The zero-order valence-electron chi connectivity index (χ0n) is 8.52. The number of urea groups is 1. The first-order valence-electron chi connectivity index (χ1n) is 3.78. The summed E-state index contributed by atoms with van der Waals surface area (Å²) < 4.78 is 1.47. The van der Waals surface area contributed by atoms with E-state index in [4.69, 9.17) is 0 Å². The van der Waals surface area contributed by atoms with Gasteiger partial charge in [-0.05, 0) is 11.9 Å². The Morgan fingerprint density at radius 1 is 1.47 bits per heavy atom. The van der Waals surface area contributed by atoms with Crippen LogP contribution in [0.15, 0.2) is 17.5 Å². The SMILES string of the molecule is CSN1C=CN2C(=N1)NC(=O)N2[N+](=O)[O-].O.O. The summed E-state index contributed by atoms with van der Waals surface area (Å²) in [5, 5.41) is 17.3. The molecule has 0 saturated carbocycles. The molecule has 5 N–H and O–H groups in total. The van der Waals surface area contributed by atoms with E-state index in [1.807, 2.05) is 0 Å². The molecule has 2 aliphatic rings. The average molecular weight is 266 g/mol. The Bertz CT molecular complexity index is 385. The van der Waals surface area contributed by atoms with Crippen molar-refractivity contribution in [1.82, 2.24) is 19.9 Å². The first-order chi connectivity index (χ1) is 7.13. The number of guanidine groups is 1. The molecule has 96 valence electrons. The first-order valence-corrected chi connectivity index (χ1v) is 4.96. The molecule has 11 nitrogen and oxygen atoms in total. The van der Waals surface area contributed by atoms with Crippen molar-refractivity contribution in [2.24, 2.45) is 5.10 Å². The zero-order valence-corrected chi connectivity index (χ0v) is 9.34. The first kappa shape index (κ1) is 14.9. The van der Waals surface area contributed by atoms with Crippen LogP contribution < -0.4 is 5.32 Å². The van der Waals surface area contributed by atoms with Gasteiger partial charge in [-0.3, -0.25) is 5.32 Å². The Morgan fingerprint density at radius 3 is 2.65 bits per heavy atom. The van der Waals surface area contributed by atoms with Crippen molar-refractivity contribution < 1.29 is 20.8 Å². The van der Waals surface area contributed by atoms with Gasteiger partial charge in [0.05, 0.1) is 17.5 Å². The molecule has 2 heterocycles. The molecule has 0 atom stereocenters. The van der Waals surface area contributed by atoms with Crippen LogP contribution in [0, 0.1) is 10.1 Å². The smallest absolute Gasteiger partial charge is 0.408 e. The lowest BCUT2D eigenvalue weighted by molar-refractivity contribution is -0.661. The second-order valence-corrected chi connectivity index (χ2v) is 3.25. The fourth-order valence-electron chi connectivity index (χ4n) is 1.10. The van der Waals surface area contributed by atoms with Crippen molar-refractivity contribution >= 4 is 23.9 Å². The predicted octanol–water partition coefficient (Wildman–Crippen LogP) is -1.89. The normalized spacial score (nSPS) is 16.6. The van der Waals surface area contributed by atoms with Gasteiger partial charge in [0.1, 0.15) is 0 Å². The molecule has 0 aromatic heterocycles. The maximum Gasteiger partial charge on any atom is 0.408 e. The summed E-state index contributed by atoms with van der Waals surface area (Å²) in [6.45, 7) is 0. The van der Waals surface area contributed by atoms with E-state index < -0.39 is 11.1 Å². The van der Waals surface area contributed by atoms with Crippen LogP contribution in [-0.4, -0.2) is 48.8 Å². The second-order valence-electron chi connectivity index (χ2n) is 2.51. The minimum atomic E-state index is -0.841. The van der Waals surface area contributed by atoms with Gasteiger partial charge in [0.25, 0.3) is 5.96 Å². The summed E-state index contributed by atoms with van der Waals surface area (Å²) in [4.78, 5) is 21.7. The summed E-state index contributed by atoms with van der Waals surface area (Å²) in [6.07, 6.45) is 4.66. The molecule has 0 aliphatic carbocycles. The zero-order chi connectivity index (χ0) is 11.0. The van der Waals surface area contributed by atoms with Crippen LogP contribution in [0.4, 0.5) is 4.79 Å². The highest BCUT2D eigenvalue weighted by molar-refractivity contribution is 7.96. The van der Waals surface area contributed by atoms with Crippen LogP contribution in [0.2, 0.25) is 0 Å². The molecule has 0 spiro atoms. The molecular formula is C5H10N6O5S. The van der Waals surface area contributed by atoms with E-state index in [1.54, 1.807) is 6.26 Å². The third-order valence-corrected chi connectivity index (χ3v) is 2.27. The molecule has 0 radical (unpaired) electrons. The topological polar surface area (TPSA) is 157 Å². The summed E-state index contributed by atoms with van der Waals surface area (Å²) >= 11 is 1.30. The fourth-order valence-corrected chi connectivity index (χ4v) is 1.43. The Hall–Kier alpha value is -2.05. The lowest BCUT2D eigenvalue weighted by atomic mass is 10.7. The number of nitrogens with zero attached hydrogens (tertiary/aromatic N) is 5. The van der Waals surface area contributed by atoms with E-state index in [0.717, 1.165) is 5.01 Å². The van der Waals surface area contributed by atoms with Crippen molar-refractivity contribution in [2.45, 2.75) is 0 Å². The number of hydrazone groups is 1. The molecule has 0 aromatic rings. The van der Waals surface area contributed by atoms with Gasteiger partial charge < -0.3 is 11.0 Å². The average Bonchev–Trinajstić information content (AvgIpc) is 2.52. The Labute approximate surface area is 99.2 Å². The summed E-state index contributed by atoms with van der Waals surface area (Å²) in [6, 6.07) is -0.841. The number of carbonyl (C=O) groups excluding carboxylic acids is 1. The monoisotopic (exact) mass is 266 g/mol. The Morgan fingerprint density at radius 2 is 2.12 bits per heavy atom. The fraction of sp³-hybridized carbons (Fsp3) is 0.200. The van der Waals surface area contributed by atoms with E-state index in [9.17, 15) is 14.9 Å². The van der Waals surface area contributed by atoms with Crippen LogP contribution in [0.25, 0.3) is 0 Å². The predicted molar refractivity (Wildman–Crippen MR) is 58.4 cm³/mol. The van der Waals surface area contributed by atoms with Gasteiger partial charge in [-0.1, -0.05) is 0 Å². The number of amides is 2. The van der Waals surface area contributed by atoms with E-state index in [-0.39, 0.29) is 16.9 Å². The maximum absolute atomic E-state index is 11.2. The van der Waals surface area contributed by atoms with E-state index in [0.29, 0.717) is 5.12 Å². The molecule has 1 fully saturated rings. The van der Waals surface area contributed by atoms with Gasteiger partial charge in [-0.15, -0.1) is 5.10 Å². The van der Waals surface area contributed by atoms with Gasteiger partial charge in [0, 0.05) is 6.26 Å². The second kappa shape index (κ2) is 5.33. The molecule has 1 saturated heterocycles. The van der Waals surface area contributed by atoms with Crippen molar-refractivity contribution in [3.8, 4) is 0 Å². The number of hydrogen-bond donors (Lipinski definition) is 1. The lowest BCUT2D eigenvalue weighted by Crippen LogP contribution is -2.42. The highest BCUT2D eigenvalue weighted by Gasteiger charge is 2.43. The van der Waals surface area contributed by atoms with E-state index in [2.05, 4.69) is 10.4 Å². The highest BCUT2D eigenvalue weighted by atomic mass is 32.2. The minimum absolute atomic E-state index is 0. The molecule has 12 heteroatoms. The van der Waals surface area contributed by atoms with Crippen LogP contribution >= 0.6 is 11.9 Å². The molecule has 17 heavy (non-hydrogen) atoms. The number of carbonyl (C=O) groups is 1. The highest BCUT2D eigenvalue weighted by Crippen LogP contribution is 2.17. The van der Waals surface area contributed by atoms with Crippen molar-refractivity contribution in [3.05, 3.63) is 22.5 Å². The lowest BCUT2D eigenvalue weighted by Gasteiger charge is -2.20. The quantitative estimate of drug-likeness (QED) is 0.349. The van der Waals surface area contributed by atoms with Gasteiger partial charge in [-0.25, -0.2) is 19.3 Å². The standard InChI is InChI=1S/C5H6N6O3S.2H2O/c1-15-9-3-2-8-4(7-9)6-5(12)10(8)11(13)14;;/h2-3H,1H3,(H,6,7,12);2*1H2. The van der Waals surface area contributed by atoms with Gasteiger partial charge in [0.15, 0.2) is 5.03 Å². The van der Waals surface area contributed by atoms with E-state index in [1.165, 1.54) is 28.8 Å². The number of hydrazine groups is 2. The third-order valence-electron chi connectivity index (χ3n) is 1.69. The third kappa shape index (κ3) is 2.38. The maximum atomic E-state index is 11.2. The number of hydrogen-bond acceptors (Lipinski definition) is 7. The molecule has 0 bridgehead atoms. The van der Waals surface area contributed by atoms with Crippen molar-refractivity contribution in [2.75, 3.05) is 6.26 Å². The molecule has 0 aromatic carbocycles. The summed E-state index contributed by atoms with van der Waals surface area (Å²) in [5.74, 6) is 0.105. The number of nitro groups is 1. The number of rotatable bonds is 2. The van der Waals surface area contributed by atoms with Crippen LogP contribution in [-0.2, 0) is 0 Å². The Balaban J connectivity index is 0.00000128. The van der Waals surface area contributed by atoms with Gasteiger partial charge in [0.2, 0.25) is 0 Å². The van der Waals surface area contributed by atoms with Crippen LogP contribution in [0.5, 0.6) is 0 Å². The van der Waals surface area contributed by atoms with Crippen molar-refractivity contribution in [3.63, 3.8) is 0 Å². The molecule has 2 amide bonds. The molecule has 2 rings (SSSR count).